The van der Waals surface area contributed by atoms with Gasteiger partial charge >= 0.3 is 5.97 Å². The molecule has 0 heterocycles. The van der Waals surface area contributed by atoms with E-state index in [9.17, 15) is 14.7 Å². The first-order valence-corrected chi connectivity index (χ1v) is 6.49. The number of aromatic hydroxyl groups is 1. The minimum Gasteiger partial charge on any atom is -0.508 e. The molecule has 0 aliphatic carbocycles. The number of nitrogens with one attached hydrogen (secondary N) is 1. The topological polar surface area (TPSA) is 122 Å². The van der Waals surface area contributed by atoms with Crippen molar-refractivity contribution in [1.82, 2.24) is 5.32 Å². The van der Waals surface area contributed by atoms with E-state index >= 15 is 0 Å². The number of carboxylic acid groups (broad SMARTS) is 1. The number of benzene rings is 1. The van der Waals surface area contributed by atoms with E-state index in [0.29, 0.717) is 5.56 Å². The third-order valence-electron chi connectivity index (χ3n) is 3.02. The predicted molar refractivity (Wildman–Crippen MR) is 75.8 cm³/mol. The lowest BCUT2D eigenvalue weighted by Crippen LogP contribution is -2.44. The van der Waals surface area contributed by atoms with E-state index in [1.807, 2.05) is 0 Å². The van der Waals surface area contributed by atoms with E-state index in [0.717, 1.165) is 0 Å². The van der Waals surface area contributed by atoms with Gasteiger partial charge in [0.2, 0.25) is 5.91 Å². The second-order valence-electron chi connectivity index (χ2n) is 4.63. The lowest BCUT2D eigenvalue weighted by Gasteiger charge is -2.17. The number of aliphatic carboxylic acids is 1. The number of hydrogen-bond donors (Lipinski definition) is 4. The van der Waals surface area contributed by atoms with Gasteiger partial charge in [-0.1, -0.05) is 12.1 Å². The average Bonchev–Trinajstić information content (AvgIpc) is 2.46. The van der Waals surface area contributed by atoms with E-state index in [4.69, 9.17) is 15.6 Å². The standard InChI is InChI=1S/C14H20N2O5/c1-21-11(8-15)7-13(18)16-12(14(19)20)6-9-2-4-10(17)5-3-9/h2-5,11-12,17H,6-8,15H2,1H3,(H,16,18)(H,19,20)/t11?,12-/m0/s1. The molecule has 0 aromatic heterocycles. The number of methoxy groups -OCH3 is 1. The molecule has 0 aliphatic heterocycles. The molecular weight excluding hydrogens is 276 g/mol. The third kappa shape index (κ3) is 5.80. The second kappa shape index (κ2) is 8.23. The molecule has 0 fully saturated rings. The molecule has 1 aromatic carbocycles. The molecule has 21 heavy (non-hydrogen) atoms. The fourth-order valence-corrected chi connectivity index (χ4v) is 1.79. The van der Waals surface area contributed by atoms with Crippen LogP contribution in [0, 0.1) is 0 Å². The van der Waals surface area contributed by atoms with Crippen LogP contribution in [0.1, 0.15) is 12.0 Å². The van der Waals surface area contributed by atoms with Crippen LogP contribution in [0.25, 0.3) is 0 Å². The first kappa shape index (κ1) is 16.9. The number of phenolic OH excluding ortho intramolecular Hbond substituents is 1. The number of amides is 1. The predicted octanol–water partition coefficient (Wildman–Crippen LogP) is -0.132. The fourth-order valence-electron chi connectivity index (χ4n) is 1.79. The summed E-state index contributed by atoms with van der Waals surface area (Å²) in [6.07, 6.45) is -0.304. The molecule has 0 aliphatic rings. The van der Waals surface area contributed by atoms with Crippen molar-refractivity contribution in [1.29, 1.82) is 0 Å². The zero-order chi connectivity index (χ0) is 15.8. The highest BCUT2D eigenvalue weighted by molar-refractivity contribution is 5.84. The summed E-state index contributed by atoms with van der Waals surface area (Å²) >= 11 is 0. The van der Waals surface area contributed by atoms with Crippen LogP contribution in [-0.2, 0) is 20.7 Å². The number of carboxylic acids is 1. The molecule has 1 amide bonds. The number of phenols is 1. The van der Waals surface area contributed by atoms with Gasteiger partial charge in [-0.05, 0) is 17.7 Å². The van der Waals surface area contributed by atoms with Gasteiger partial charge in [0, 0.05) is 20.1 Å². The van der Waals surface area contributed by atoms with Crippen molar-refractivity contribution in [2.75, 3.05) is 13.7 Å². The molecule has 1 aromatic rings. The number of hydrogen-bond acceptors (Lipinski definition) is 5. The Kier molecular flexibility index (Phi) is 6.64. The molecule has 1 unspecified atom stereocenters. The molecule has 0 saturated heterocycles. The fraction of sp³-hybridized carbons (Fsp3) is 0.429. The monoisotopic (exact) mass is 296 g/mol. The molecule has 7 nitrogen and oxygen atoms in total. The first-order valence-electron chi connectivity index (χ1n) is 6.49. The Balaban J connectivity index is 2.63. The van der Waals surface area contributed by atoms with Crippen molar-refractivity contribution in [3.63, 3.8) is 0 Å². The Labute approximate surface area is 122 Å². The largest absolute Gasteiger partial charge is 0.508 e. The summed E-state index contributed by atoms with van der Waals surface area (Å²) in [6, 6.07) is 5.10. The molecule has 0 bridgehead atoms. The van der Waals surface area contributed by atoms with Crippen LogP contribution < -0.4 is 11.1 Å². The van der Waals surface area contributed by atoms with Gasteiger partial charge in [0.05, 0.1) is 12.5 Å². The maximum atomic E-state index is 11.8. The SMILES string of the molecule is COC(CN)CC(=O)N[C@@H](Cc1ccc(O)cc1)C(=O)O. The molecule has 116 valence electrons. The van der Waals surface area contributed by atoms with Gasteiger partial charge < -0.3 is 26.0 Å². The third-order valence-corrected chi connectivity index (χ3v) is 3.02. The Morgan fingerprint density at radius 1 is 1.33 bits per heavy atom. The van der Waals surface area contributed by atoms with Gasteiger partial charge in [-0.15, -0.1) is 0 Å². The van der Waals surface area contributed by atoms with Crippen molar-refractivity contribution in [2.24, 2.45) is 5.73 Å². The summed E-state index contributed by atoms with van der Waals surface area (Å²) in [5, 5.41) is 20.8. The van der Waals surface area contributed by atoms with Gasteiger partial charge in [-0.3, -0.25) is 4.79 Å². The van der Waals surface area contributed by atoms with Crippen molar-refractivity contribution in [3.8, 4) is 5.75 Å². The van der Waals surface area contributed by atoms with Crippen LogP contribution in [0.5, 0.6) is 5.75 Å². The smallest absolute Gasteiger partial charge is 0.326 e. The molecule has 5 N–H and O–H groups in total. The van der Waals surface area contributed by atoms with Crippen LogP contribution in [0.15, 0.2) is 24.3 Å². The Hall–Kier alpha value is -2.12. The van der Waals surface area contributed by atoms with Gasteiger partial charge in [-0.2, -0.15) is 0 Å². The lowest BCUT2D eigenvalue weighted by atomic mass is 10.1. The summed E-state index contributed by atoms with van der Waals surface area (Å²) in [6.45, 7) is 0.180. The van der Waals surface area contributed by atoms with E-state index in [1.165, 1.54) is 19.2 Å². The Bertz CT molecular complexity index is 471. The number of rotatable bonds is 8. The van der Waals surface area contributed by atoms with E-state index in [1.54, 1.807) is 12.1 Å². The molecular formula is C14H20N2O5. The molecule has 7 heteroatoms. The second-order valence-corrected chi connectivity index (χ2v) is 4.63. The first-order chi connectivity index (χ1) is 9.96. The lowest BCUT2D eigenvalue weighted by molar-refractivity contribution is -0.142. The van der Waals surface area contributed by atoms with Crippen LogP contribution >= 0.6 is 0 Å². The zero-order valence-corrected chi connectivity index (χ0v) is 11.8. The summed E-state index contributed by atoms with van der Waals surface area (Å²) in [4.78, 5) is 23.0. The normalized spacial score (nSPS) is 13.4. The van der Waals surface area contributed by atoms with Crippen molar-refractivity contribution in [3.05, 3.63) is 29.8 Å². The molecule has 0 spiro atoms. The van der Waals surface area contributed by atoms with Crippen LogP contribution in [-0.4, -0.2) is 47.9 Å². The molecule has 1 rings (SSSR count). The quantitative estimate of drug-likeness (QED) is 0.530. The van der Waals surface area contributed by atoms with Gasteiger partial charge in [-0.25, -0.2) is 4.79 Å². The van der Waals surface area contributed by atoms with E-state index < -0.39 is 24.0 Å². The number of carbonyl (C=O) groups is 2. The number of carbonyl (C=O) groups excluding carboxylic acids is 1. The van der Waals surface area contributed by atoms with Crippen molar-refractivity contribution >= 4 is 11.9 Å². The van der Waals surface area contributed by atoms with E-state index in [2.05, 4.69) is 5.32 Å². The maximum absolute atomic E-state index is 11.8. The average molecular weight is 296 g/mol. The molecule has 2 atom stereocenters. The van der Waals surface area contributed by atoms with E-state index in [-0.39, 0.29) is 25.1 Å². The highest BCUT2D eigenvalue weighted by atomic mass is 16.5. The van der Waals surface area contributed by atoms with Gasteiger partial charge in [0.15, 0.2) is 0 Å². The summed E-state index contributed by atoms with van der Waals surface area (Å²) in [5.41, 5.74) is 6.11. The van der Waals surface area contributed by atoms with Crippen LogP contribution in [0.2, 0.25) is 0 Å². The highest BCUT2D eigenvalue weighted by Gasteiger charge is 2.22. The van der Waals surface area contributed by atoms with Crippen molar-refractivity contribution in [2.45, 2.75) is 25.0 Å². The number of nitrogens with two attached hydrogens (primary N) is 1. The Morgan fingerprint density at radius 2 is 1.95 bits per heavy atom. The van der Waals surface area contributed by atoms with Crippen LogP contribution in [0.3, 0.4) is 0 Å². The van der Waals surface area contributed by atoms with Crippen molar-refractivity contribution < 1.29 is 24.5 Å². The highest BCUT2D eigenvalue weighted by Crippen LogP contribution is 2.11. The Morgan fingerprint density at radius 3 is 2.43 bits per heavy atom. The van der Waals surface area contributed by atoms with Gasteiger partial charge in [0.25, 0.3) is 0 Å². The van der Waals surface area contributed by atoms with Crippen LogP contribution in [0.4, 0.5) is 0 Å². The summed E-state index contributed by atoms with van der Waals surface area (Å²) in [7, 11) is 1.44. The van der Waals surface area contributed by atoms with Gasteiger partial charge in [0.1, 0.15) is 11.8 Å². The summed E-state index contributed by atoms with van der Waals surface area (Å²) in [5.74, 6) is -1.46. The minimum absolute atomic E-state index is 0.00631. The minimum atomic E-state index is -1.13. The summed E-state index contributed by atoms with van der Waals surface area (Å²) < 4.78 is 4.98. The molecule has 0 saturated carbocycles. The zero-order valence-electron chi connectivity index (χ0n) is 11.8. The number of ether oxygens (including phenoxy) is 1. The molecule has 0 radical (unpaired) electrons. The maximum Gasteiger partial charge on any atom is 0.326 e.